The first kappa shape index (κ1) is 11.7. The van der Waals surface area contributed by atoms with Crippen molar-refractivity contribution in [1.29, 1.82) is 0 Å². The summed E-state index contributed by atoms with van der Waals surface area (Å²) in [5.41, 5.74) is 1.51. The third-order valence-electron chi connectivity index (χ3n) is 3.88. The molecular weight excluding hydrogens is 194 g/mol. The molecule has 1 aromatic carbocycles. The van der Waals surface area contributed by atoms with E-state index < -0.39 is 0 Å². The van der Waals surface area contributed by atoms with Crippen LogP contribution in [0.1, 0.15) is 31.7 Å². The molecular formula is C15H23N. The summed E-state index contributed by atoms with van der Waals surface area (Å²) in [7, 11) is 2.25. The molecule has 88 valence electrons. The van der Waals surface area contributed by atoms with Crippen LogP contribution >= 0.6 is 0 Å². The lowest BCUT2D eigenvalue weighted by atomic mass is 9.80. The van der Waals surface area contributed by atoms with Gasteiger partial charge < -0.3 is 4.90 Å². The van der Waals surface area contributed by atoms with E-state index in [1.165, 1.54) is 25.1 Å². The van der Waals surface area contributed by atoms with Crippen LogP contribution in [0.5, 0.6) is 0 Å². The lowest BCUT2D eigenvalue weighted by Gasteiger charge is -2.37. The Hall–Kier alpha value is -0.820. The Morgan fingerprint density at radius 2 is 1.81 bits per heavy atom. The molecule has 0 bridgehead atoms. The van der Waals surface area contributed by atoms with Gasteiger partial charge in [-0.25, -0.2) is 0 Å². The predicted octanol–water partition coefficient (Wildman–Crippen LogP) is 3.38. The minimum Gasteiger partial charge on any atom is -0.305 e. The van der Waals surface area contributed by atoms with Gasteiger partial charge >= 0.3 is 0 Å². The molecule has 1 saturated heterocycles. The summed E-state index contributed by atoms with van der Waals surface area (Å²) in [6.07, 6.45) is 1.35. The Balaban J connectivity index is 2.11. The molecule has 1 aliphatic rings. The predicted molar refractivity (Wildman–Crippen MR) is 69.6 cm³/mol. The van der Waals surface area contributed by atoms with Gasteiger partial charge in [-0.2, -0.15) is 0 Å². The number of likely N-dealkylation sites (N-methyl/N-ethyl adjacent to an activating group) is 1. The van der Waals surface area contributed by atoms with E-state index in [0.717, 1.165) is 17.8 Å². The number of nitrogens with zero attached hydrogens (tertiary/aromatic N) is 1. The van der Waals surface area contributed by atoms with Crippen LogP contribution in [-0.4, -0.2) is 25.0 Å². The molecule has 0 aromatic heterocycles. The highest BCUT2D eigenvalue weighted by molar-refractivity contribution is 5.20. The van der Waals surface area contributed by atoms with Crippen molar-refractivity contribution < 1.29 is 0 Å². The largest absolute Gasteiger partial charge is 0.305 e. The molecule has 1 aromatic rings. The molecule has 0 amide bonds. The first-order valence-electron chi connectivity index (χ1n) is 6.40. The zero-order chi connectivity index (χ0) is 11.5. The number of hydrogen-bond acceptors (Lipinski definition) is 1. The van der Waals surface area contributed by atoms with E-state index >= 15 is 0 Å². The number of rotatable bonds is 2. The standard InChI is InChI=1S/C15H23N/c1-12(2)14-9-15(11-16(3)10-14)13-7-5-4-6-8-13/h4-8,12,14-15H,9-11H2,1-3H3/t14?,15-/m1/s1. The molecule has 0 saturated carbocycles. The second-order valence-electron chi connectivity index (χ2n) is 5.57. The van der Waals surface area contributed by atoms with Gasteiger partial charge in [0.15, 0.2) is 0 Å². The molecule has 0 N–H and O–H groups in total. The maximum Gasteiger partial charge on any atom is 0.00474 e. The zero-order valence-electron chi connectivity index (χ0n) is 10.7. The highest BCUT2D eigenvalue weighted by Crippen LogP contribution is 2.32. The minimum absolute atomic E-state index is 0.729. The quantitative estimate of drug-likeness (QED) is 0.734. The Kier molecular flexibility index (Phi) is 3.65. The second-order valence-corrected chi connectivity index (χ2v) is 5.57. The van der Waals surface area contributed by atoms with Crippen LogP contribution in [0.4, 0.5) is 0 Å². The molecule has 1 aliphatic heterocycles. The van der Waals surface area contributed by atoms with Crippen LogP contribution in [-0.2, 0) is 0 Å². The van der Waals surface area contributed by atoms with Gasteiger partial charge in [-0.15, -0.1) is 0 Å². The molecule has 2 rings (SSSR count). The third kappa shape index (κ3) is 2.65. The van der Waals surface area contributed by atoms with Gasteiger partial charge in [0.05, 0.1) is 0 Å². The Bertz CT molecular complexity index is 317. The van der Waals surface area contributed by atoms with Crippen LogP contribution in [0.25, 0.3) is 0 Å². The molecule has 1 heterocycles. The first-order chi connectivity index (χ1) is 7.66. The summed E-state index contributed by atoms with van der Waals surface area (Å²) < 4.78 is 0. The topological polar surface area (TPSA) is 3.24 Å². The maximum absolute atomic E-state index is 2.49. The molecule has 16 heavy (non-hydrogen) atoms. The molecule has 0 spiro atoms. The normalized spacial score (nSPS) is 27.2. The van der Waals surface area contributed by atoms with E-state index in [4.69, 9.17) is 0 Å². The number of likely N-dealkylation sites (tertiary alicyclic amines) is 1. The van der Waals surface area contributed by atoms with E-state index in [1.54, 1.807) is 0 Å². The van der Waals surface area contributed by atoms with Gasteiger partial charge in [-0.05, 0) is 36.8 Å². The number of benzene rings is 1. The van der Waals surface area contributed by atoms with Gasteiger partial charge in [0.2, 0.25) is 0 Å². The van der Waals surface area contributed by atoms with Crippen molar-refractivity contribution in [2.75, 3.05) is 20.1 Å². The third-order valence-corrected chi connectivity index (χ3v) is 3.88. The van der Waals surface area contributed by atoms with Crippen molar-refractivity contribution in [2.24, 2.45) is 11.8 Å². The van der Waals surface area contributed by atoms with Crippen LogP contribution in [0.2, 0.25) is 0 Å². The molecule has 2 atom stereocenters. The monoisotopic (exact) mass is 217 g/mol. The summed E-state index contributed by atoms with van der Waals surface area (Å²) >= 11 is 0. The molecule has 1 fully saturated rings. The second kappa shape index (κ2) is 5.01. The lowest BCUT2D eigenvalue weighted by Crippen LogP contribution is -2.38. The molecule has 1 heteroatoms. The van der Waals surface area contributed by atoms with Crippen molar-refractivity contribution in [3.63, 3.8) is 0 Å². The zero-order valence-corrected chi connectivity index (χ0v) is 10.7. The van der Waals surface area contributed by atoms with E-state index in [0.29, 0.717) is 0 Å². The van der Waals surface area contributed by atoms with Gasteiger partial charge in [0, 0.05) is 13.1 Å². The smallest absolute Gasteiger partial charge is 0.00474 e. The van der Waals surface area contributed by atoms with Gasteiger partial charge in [0.25, 0.3) is 0 Å². The fourth-order valence-corrected chi connectivity index (χ4v) is 2.82. The Morgan fingerprint density at radius 1 is 1.12 bits per heavy atom. The fraction of sp³-hybridized carbons (Fsp3) is 0.600. The Morgan fingerprint density at radius 3 is 2.44 bits per heavy atom. The van der Waals surface area contributed by atoms with Crippen LogP contribution in [0, 0.1) is 11.8 Å². The fourth-order valence-electron chi connectivity index (χ4n) is 2.82. The van der Waals surface area contributed by atoms with E-state index in [9.17, 15) is 0 Å². The average Bonchev–Trinajstić information content (AvgIpc) is 2.29. The lowest BCUT2D eigenvalue weighted by molar-refractivity contribution is 0.153. The number of piperidine rings is 1. The van der Waals surface area contributed by atoms with Crippen molar-refractivity contribution in [3.05, 3.63) is 35.9 Å². The number of hydrogen-bond donors (Lipinski definition) is 0. The summed E-state index contributed by atoms with van der Waals surface area (Å²) in [5, 5.41) is 0. The van der Waals surface area contributed by atoms with E-state index in [1.807, 2.05) is 0 Å². The van der Waals surface area contributed by atoms with Crippen LogP contribution in [0.3, 0.4) is 0 Å². The molecule has 0 radical (unpaired) electrons. The maximum atomic E-state index is 2.49. The first-order valence-corrected chi connectivity index (χ1v) is 6.40. The molecule has 1 nitrogen and oxygen atoms in total. The minimum atomic E-state index is 0.729. The van der Waals surface area contributed by atoms with Crippen LogP contribution in [0.15, 0.2) is 30.3 Å². The van der Waals surface area contributed by atoms with E-state index in [2.05, 4.69) is 56.1 Å². The Labute approximate surface area is 99.5 Å². The summed E-state index contributed by atoms with van der Waals surface area (Å²) in [5.74, 6) is 2.38. The van der Waals surface area contributed by atoms with Crippen molar-refractivity contribution in [1.82, 2.24) is 4.90 Å². The summed E-state index contributed by atoms with van der Waals surface area (Å²) in [6, 6.07) is 11.0. The summed E-state index contributed by atoms with van der Waals surface area (Å²) in [6.45, 7) is 7.19. The average molecular weight is 217 g/mol. The highest BCUT2D eigenvalue weighted by Gasteiger charge is 2.27. The van der Waals surface area contributed by atoms with Gasteiger partial charge in [-0.1, -0.05) is 44.2 Å². The SMILES string of the molecule is CC(C)C1C[C@@H](c2ccccc2)CN(C)C1. The molecule has 1 unspecified atom stereocenters. The molecule has 0 aliphatic carbocycles. The van der Waals surface area contributed by atoms with Crippen molar-refractivity contribution >= 4 is 0 Å². The van der Waals surface area contributed by atoms with Gasteiger partial charge in [0.1, 0.15) is 0 Å². The summed E-state index contributed by atoms with van der Waals surface area (Å²) in [4.78, 5) is 2.49. The van der Waals surface area contributed by atoms with Crippen LogP contribution < -0.4 is 0 Å². The highest BCUT2D eigenvalue weighted by atomic mass is 15.1. The van der Waals surface area contributed by atoms with Gasteiger partial charge in [-0.3, -0.25) is 0 Å². The van der Waals surface area contributed by atoms with E-state index in [-0.39, 0.29) is 0 Å². The van der Waals surface area contributed by atoms with Crippen molar-refractivity contribution in [3.8, 4) is 0 Å². The van der Waals surface area contributed by atoms with Crippen molar-refractivity contribution in [2.45, 2.75) is 26.2 Å².